The Labute approximate surface area is 136 Å². The van der Waals surface area contributed by atoms with Crippen molar-refractivity contribution >= 4 is 37.3 Å². The van der Waals surface area contributed by atoms with Crippen molar-refractivity contribution < 1.29 is 12.8 Å². The van der Waals surface area contributed by atoms with E-state index in [1.165, 1.54) is 11.3 Å². The van der Waals surface area contributed by atoms with Crippen molar-refractivity contribution in [2.45, 2.75) is 31.8 Å². The lowest BCUT2D eigenvalue weighted by molar-refractivity contribution is 0.463. The lowest BCUT2D eigenvalue weighted by Gasteiger charge is -2.03. The summed E-state index contributed by atoms with van der Waals surface area (Å²) in [6, 6.07) is 1.67. The number of nitrogens with zero attached hydrogens (tertiary/aromatic N) is 1. The molecule has 0 fully saturated rings. The molecular weight excluding hydrogens is 378 g/mol. The van der Waals surface area contributed by atoms with Gasteiger partial charge in [-0.15, -0.1) is 11.3 Å². The quantitative estimate of drug-likeness (QED) is 0.754. The predicted octanol–water partition coefficient (Wildman–Crippen LogP) is 2.40. The highest BCUT2D eigenvalue weighted by Crippen LogP contribution is 2.31. The number of halogens is 1. The maximum absolute atomic E-state index is 12.3. The van der Waals surface area contributed by atoms with Crippen LogP contribution < -0.4 is 10.0 Å². The zero-order valence-corrected chi connectivity index (χ0v) is 14.9. The van der Waals surface area contributed by atoms with Crippen LogP contribution in [0.1, 0.15) is 23.5 Å². The molecule has 9 heteroatoms. The van der Waals surface area contributed by atoms with E-state index in [-0.39, 0.29) is 11.4 Å². The molecule has 2 rings (SSSR count). The Balaban J connectivity index is 2.09. The second kappa shape index (κ2) is 7.01. The third kappa shape index (κ3) is 4.36. The van der Waals surface area contributed by atoms with Gasteiger partial charge in [0.1, 0.15) is 10.7 Å². The van der Waals surface area contributed by atoms with Gasteiger partial charge in [0, 0.05) is 11.4 Å². The molecule has 0 unspecified atom stereocenters. The van der Waals surface area contributed by atoms with Crippen LogP contribution in [0.15, 0.2) is 25.4 Å². The van der Waals surface area contributed by atoms with Gasteiger partial charge >= 0.3 is 0 Å². The van der Waals surface area contributed by atoms with Gasteiger partial charge in [-0.05, 0) is 35.5 Å². The van der Waals surface area contributed by atoms with E-state index in [4.69, 9.17) is 4.42 Å². The first-order chi connectivity index (χ1) is 9.92. The van der Waals surface area contributed by atoms with E-state index < -0.39 is 10.0 Å². The van der Waals surface area contributed by atoms with Crippen LogP contribution in [0.25, 0.3) is 0 Å². The van der Waals surface area contributed by atoms with Crippen molar-refractivity contribution in [3.05, 3.63) is 32.6 Å². The van der Waals surface area contributed by atoms with Crippen LogP contribution in [-0.2, 0) is 23.1 Å². The van der Waals surface area contributed by atoms with Gasteiger partial charge in [-0.3, -0.25) is 0 Å². The zero-order valence-electron chi connectivity index (χ0n) is 11.6. The summed E-state index contributed by atoms with van der Waals surface area (Å²) in [6.07, 6.45) is 1.55. The second-order valence-corrected chi connectivity index (χ2v) is 8.51. The number of nitrogens with one attached hydrogen (secondary N) is 2. The van der Waals surface area contributed by atoms with Gasteiger partial charge in [-0.2, -0.15) is 0 Å². The molecule has 0 aliphatic rings. The summed E-state index contributed by atoms with van der Waals surface area (Å²) >= 11 is 4.71. The van der Waals surface area contributed by atoms with Crippen LogP contribution in [0.4, 0.5) is 0 Å². The molecule has 0 saturated carbocycles. The number of sulfonamides is 1. The van der Waals surface area contributed by atoms with Gasteiger partial charge in [0.25, 0.3) is 0 Å². The highest BCUT2D eigenvalue weighted by molar-refractivity contribution is 9.11. The van der Waals surface area contributed by atoms with Crippen molar-refractivity contribution in [2.75, 3.05) is 6.54 Å². The zero-order chi connectivity index (χ0) is 15.5. The first kappa shape index (κ1) is 16.6. The molecule has 0 spiro atoms. The van der Waals surface area contributed by atoms with Gasteiger partial charge in [-0.1, -0.05) is 6.92 Å². The fraction of sp³-hybridized carbons (Fsp3) is 0.417. The average Bonchev–Trinajstić information content (AvgIpc) is 3.00. The van der Waals surface area contributed by atoms with E-state index in [0.717, 1.165) is 11.4 Å². The molecule has 2 aromatic heterocycles. The smallest absolute Gasteiger partial charge is 0.243 e. The lowest BCUT2D eigenvalue weighted by Crippen LogP contribution is -2.23. The molecule has 21 heavy (non-hydrogen) atoms. The molecule has 0 aromatic carbocycles. The Morgan fingerprint density at radius 1 is 1.43 bits per heavy atom. The molecule has 0 atom stereocenters. The summed E-state index contributed by atoms with van der Waals surface area (Å²) in [5.74, 6) is 0.990. The van der Waals surface area contributed by atoms with Crippen LogP contribution in [0.2, 0.25) is 0 Å². The van der Waals surface area contributed by atoms with Gasteiger partial charge in [0.05, 0.1) is 16.5 Å². The Bertz CT molecular complexity index is 709. The fourth-order valence-electron chi connectivity index (χ4n) is 1.63. The molecule has 6 nitrogen and oxygen atoms in total. The predicted molar refractivity (Wildman–Crippen MR) is 84.7 cm³/mol. The highest BCUT2D eigenvalue weighted by atomic mass is 79.9. The summed E-state index contributed by atoms with van der Waals surface area (Å²) in [5.41, 5.74) is 0. The van der Waals surface area contributed by atoms with Gasteiger partial charge < -0.3 is 9.73 Å². The SMILES string of the molecule is CCNCc1cc(S(=O)(=O)NCc2ncc(C)o2)c(Br)s1. The monoisotopic (exact) mass is 393 g/mol. The molecule has 2 heterocycles. The standard InChI is InChI=1S/C12H16BrN3O3S2/c1-3-14-6-9-4-10(12(13)20-9)21(17,18)16-7-11-15-5-8(2)19-11/h4-5,14,16H,3,6-7H2,1-2H3. The van der Waals surface area contributed by atoms with Crippen molar-refractivity contribution in [2.24, 2.45) is 0 Å². The normalized spacial score (nSPS) is 12.0. The van der Waals surface area contributed by atoms with E-state index in [9.17, 15) is 8.42 Å². The second-order valence-electron chi connectivity index (χ2n) is 4.32. The molecule has 116 valence electrons. The highest BCUT2D eigenvalue weighted by Gasteiger charge is 2.21. The van der Waals surface area contributed by atoms with Crippen LogP contribution in [0, 0.1) is 6.92 Å². The summed E-state index contributed by atoms with van der Waals surface area (Å²) in [4.78, 5) is 5.16. The first-order valence-electron chi connectivity index (χ1n) is 6.32. The van der Waals surface area contributed by atoms with Crippen molar-refractivity contribution in [3.8, 4) is 0 Å². The van der Waals surface area contributed by atoms with E-state index in [0.29, 0.717) is 22.0 Å². The van der Waals surface area contributed by atoms with E-state index in [1.807, 2.05) is 6.92 Å². The fourth-order valence-corrected chi connectivity index (χ4v) is 5.26. The third-order valence-electron chi connectivity index (χ3n) is 2.63. The van der Waals surface area contributed by atoms with E-state index >= 15 is 0 Å². The number of aromatic nitrogens is 1. The number of rotatable bonds is 7. The topological polar surface area (TPSA) is 84.2 Å². The number of aryl methyl sites for hydroxylation is 1. The summed E-state index contributed by atoms with van der Waals surface area (Å²) in [6.45, 7) is 5.27. The minimum absolute atomic E-state index is 0.0288. The van der Waals surface area contributed by atoms with Crippen LogP contribution in [0.5, 0.6) is 0 Å². The number of thiophene rings is 1. The number of oxazole rings is 1. The minimum atomic E-state index is -3.60. The first-order valence-corrected chi connectivity index (χ1v) is 9.41. The molecule has 0 bridgehead atoms. The van der Waals surface area contributed by atoms with Gasteiger partial charge in [0.15, 0.2) is 0 Å². The van der Waals surface area contributed by atoms with Gasteiger partial charge in [-0.25, -0.2) is 18.1 Å². The Kier molecular flexibility index (Phi) is 5.55. The van der Waals surface area contributed by atoms with E-state index in [2.05, 4.69) is 31.0 Å². The average molecular weight is 394 g/mol. The number of hydrogen-bond donors (Lipinski definition) is 2. The summed E-state index contributed by atoms with van der Waals surface area (Å²) in [5, 5.41) is 3.17. The largest absolute Gasteiger partial charge is 0.445 e. The molecule has 2 aromatic rings. The molecule has 0 amide bonds. The van der Waals surface area contributed by atoms with Crippen molar-refractivity contribution in [1.82, 2.24) is 15.0 Å². The van der Waals surface area contributed by atoms with Gasteiger partial charge in [0.2, 0.25) is 15.9 Å². The maximum Gasteiger partial charge on any atom is 0.243 e. The molecule has 0 aliphatic heterocycles. The van der Waals surface area contributed by atoms with Crippen LogP contribution in [0.3, 0.4) is 0 Å². The Morgan fingerprint density at radius 3 is 2.81 bits per heavy atom. The molecule has 0 aliphatic carbocycles. The Morgan fingerprint density at radius 2 is 2.19 bits per heavy atom. The lowest BCUT2D eigenvalue weighted by atomic mass is 10.4. The molecular formula is C12H16BrN3O3S2. The summed E-state index contributed by atoms with van der Waals surface area (Å²) in [7, 11) is -3.60. The Hall–Kier alpha value is -0.740. The molecule has 0 radical (unpaired) electrons. The van der Waals surface area contributed by atoms with Crippen LogP contribution in [-0.4, -0.2) is 19.9 Å². The summed E-state index contributed by atoms with van der Waals surface area (Å²) < 4.78 is 32.9. The maximum atomic E-state index is 12.3. The molecule has 2 N–H and O–H groups in total. The van der Waals surface area contributed by atoms with Crippen molar-refractivity contribution in [1.29, 1.82) is 0 Å². The minimum Gasteiger partial charge on any atom is -0.445 e. The van der Waals surface area contributed by atoms with Crippen LogP contribution >= 0.6 is 27.3 Å². The third-order valence-corrected chi connectivity index (χ3v) is 6.28. The number of hydrogen-bond acceptors (Lipinski definition) is 6. The van der Waals surface area contributed by atoms with E-state index in [1.54, 1.807) is 19.2 Å². The van der Waals surface area contributed by atoms with Crippen molar-refractivity contribution in [3.63, 3.8) is 0 Å². The molecule has 0 saturated heterocycles.